The monoisotopic (exact) mass is 559 g/mol. The molecule has 37 heavy (non-hydrogen) atoms. The number of azo groups is 1. The maximum Gasteiger partial charge on any atom is 0.297 e. The third-order valence-corrected chi connectivity index (χ3v) is 6.89. The van der Waals surface area contributed by atoms with E-state index in [1.165, 1.54) is 38.3 Å². The number of aryl methyl sites for hydroxylation is 1. The van der Waals surface area contributed by atoms with Crippen molar-refractivity contribution < 1.29 is 27.6 Å². The highest BCUT2D eigenvalue weighted by Gasteiger charge is 2.22. The van der Waals surface area contributed by atoms with Crippen molar-refractivity contribution in [3.8, 4) is 11.5 Å². The summed E-state index contributed by atoms with van der Waals surface area (Å²) < 4.78 is 38.9. The Kier molecular flexibility index (Phi) is 7.37. The van der Waals surface area contributed by atoms with Gasteiger partial charge >= 0.3 is 0 Å². The summed E-state index contributed by atoms with van der Waals surface area (Å²) in [5, 5.41) is 23.3. The van der Waals surface area contributed by atoms with Crippen LogP contribution < -0.4 is 10.1 Å². The first-order chi connectivity index (χ1) is 17.5. The lowest BCUT2D eigenvalue weighted by Gasteiger charge is -2.13. The van der Waals surface area contributed by atoms with Crippen molar-refractivity contribution in [1.82, 2.24) is 0 Å². The highest BCUT2D eigenvalue weighted by atomic mass is 35.5. The lowest BCUT2D eigenvalue weighted by molar-refractivity contribution is 0.102. The number of anilines is 1. The van der Waals surface area contributed by atoms with Crippen LogP contribution in [0.5, 0.6) is 11.5 Å². The molecule has 0 unspecified atom stereocenters. The molecule has 0 saturated heterocycles. The standard InChI is InChI=1S/C25H19Cl2N3O6S/c1-13-9-16(27)12-20(24(13)37(33,34)35)29-30-22-17-6-4-3-5-14(17)10-18(23(22)31)25(32)28-19-11-15(26)7-8-21(19)36-2/h3-12,31H,1-2H3,(H,28,32)(H,33,34,35). The molecule has 4 aromatic rings. The Hall–Kier alpha value is -3.70. The number of halogens is 2. The minimum absolute atomic E-state index is 0.0970. The van der Waals surface area contributed by atoms with Crippen LogP contribution in [0.2, 0.25) is 10.0 Å². The van der Waals surface area contributed by atoms with E-state index in [1.807, 2.05) is 0 Å². The second-order valence-electron chi connectivity index (χ2n) is 7.89. The van der Waals surface area contributed by atoms with Crippen LogP contribution in [-0.2, 0) is 10.1 Å². The van der Waals surface area contributed by atoms with Gasteiger partial charge in [-0.2, -0.15) is 8.42 Å². The molecule has 0 aromatic heterocycles. The number of phenolic OH excluding ortho intramolecular Hbond substituents is 1. The molecule has 0 atom stereocenters. The number of amides is 1. The molecule has 1 amide bonds. The highest BCUT2D eigenvalue weighted by molar-refractivity contribution is 7.86. The molecule has 0 radical (unpaired) electrons. The minimum Gasteiger partial charge on any atom is -0.505 e. The van der Waals surface area contributed by atoms with E-state index in [-0.39, 0.29) is 33.2 Å². The summed E-state index contributed by atoms with van der Waals surface area (Å²) >= 11 is 12.1. The minimum atomic E-state index is -4.67. The first-order valence-corrected chi connectivity index (χ1v) is 12.8. The van der Waals surface area contributed by atoms with E-state index >= 15 is 0 Å². The van der Waals surface area contributed by atoms with Crippen LogP contribution >= 0.6 is 23.2 Å². The zero-order chi connectivity index (χ0) is 26.9. The van der Waals surface area contributed by atoms with Crippen LogP contribution in [0, 0.1) is 6.92 Å². The van der Waals surface area contributed by atoms with E-state index < -0.39 is 26.7 Å². The zero-order valence-corrected chi connectivity index (χ0v) is 21.7. The Balaban J connectivity index is 1.86. The van der Waals surface area contributed by atoms with Gasteiger partial charge in [0, 0.05) is 15.4 Å². The second kappa shape index (κ2) is 10.3. The van der Waals surface area contributed by atoms with Crippen molar-refractivity contribution in [2.75, 3.05) is 12.4 Å². The molecule has 12 heteroatoms. The van der Waals surface area contributed by atoms with Crippen LogP contribution in [0.3, 0.4) is 0 Å². The van der Waals surface area contributed by atoms with E-state index in [4.69, 9.17) is 27.9 Å². The summed E-state index contributed by atoms with van der Waals surface area (Å²) in [4.78, 5) is 12.7. The van der Waals surface area contributed by atoms with Gasteiger partial charge in [-0.3, -0.25) is 9.35 Å². The van der Waals surface area contributed by atoms with Crippen LogP contribution in [0.1, 0.15) is 15.9 Å². The third-order valence-electron chi connectivity index (χ3n) is 5.39. The average Bonchev–Trinajstić information content (AvgIpc) is 2.82. The number of rotatable bonds is 6. The fourth-order valence-corrected chi connectivity index (χ4v) is 5.05. The summed E-state index contributed by atoms with van der Waals surface area (Å²) in [7, 11) is -3.23. The van der Waals surface area contributed by atoms with Crippen LogP contribution in [-0.4, -0.2) is 31.1 Å². The zero-order valence-electron chi connectivity index (χ0n) is 19.4. The quantitative estimate of drug-likeness (QED) is 0.170. The van der Waals surface area contributed by atoms with E-state index in [1.54, 1.807) is 36.4 Å². The predicted octanol–water partition coefficient (Wildman–Crippen LogP) is 7.08. The Bertz CT molecular complexity index is 1690. The Morgan fingerprint density at radius 1 is 1.00 bits per heavy atom. The molecule has 0 aliphatic carbocycles. The van der Waals surface area contributed by atoms with Crippen molar-refractivity contribution in [3.05, 3.63) is 81.8 Å². The number of aromatic hydroxyl groups is 1. The number of nitrogens with zero attached hydrogens (tertiary/aromatic N) is 2. The van der Waals surface area contributed by atoms with Gasteiger partial charge in [0.25, 0.3) is 16.0 Å². The normalized spacial score (nSPS) is 11.7. The fourth-order valence-electron chi connectivity index (χ4n) is 3.79. The van der Waals surface area contributed by atoms with Crippen molar-refractivity contribution in [2.24, 2.45) is 10.2 Å². The topological polar surface area (TPSA) is 138 Å². The van der Waals surface area contributed by atoms with Gasteiger partial charge in [-0.05, 0) is 54.3 Å². The van der Waals surface area contributed by atoms with E-state index in [0.717, 1.165) is 0 Å². The number of carbonyl (C=O) groups is 1. The third kappa shape index (κ3) is 5.52. The van der Waals surface area contributed by atoms with Gasteiger partial charge in [0.2, 0.25) is 0 Å². The lowest BCUT2D eigenvalue weighted by Crippen LogP contribution is -2.13. The van der Waals surface area contributed by atoms with Crippen molar-refractivity contribution in [1.29, 1.82) is 0 Å². The average molecular weight is 560 g/mol. The molecule has 0 spiro atoms. The lowest BCUT2D eigenvalue weighted by atomic mass is 10.0. The van der Waals surface area contributed by atoms with Gasteiger partial charge in [-0.1, -0.05) is 47.5 Å². The molecule has 0 fully saturated rings. The molecular weight excluding hydrogens is 541 g/mol. The Morgan fingerprint density at radius 3 is 2.43 bits per heavy atom. The van der Waals surface area contributed by atoms with Gasteiger partial charge in [-0.15, -0.1) is 10.2 Å². The number of carbonyl (C=O) groups excluding carboxylic acids is 1. The predicted molar refractivity (Wildman–Crippen MR) is 142 cm³/mol. The number of methoxy groups -OCH3 is 1. The first-order valence-electron chi connectivity index (χ1n) is 10.6. The molecule has 0 bridgehead atoms. The van der Waals surface area contributed by atoms with Crippen molar-refractivity contribution in [3.63, 3.8) is 0 Å². The Labute approximate surface area is 222 Å². The number of ether oxygens (including phenoxy) is 1. The van der Waals surface area contributed by atoms with Gasteiger partial charge in [0.05, 0.1) is 18.4 Å². The molecule has 4 aromatic carbocycles. The summed E-state index contributed by atoms with van der Waals surface area (Å²) in [5.41, 5.74) is -0.0359. The van der Waals surface area contributed by atoms with Gasteiger partial charge in [0.15, 0.2) is 5.75 Å². The van der Waals surface area contributed by atoms with Gasteiger partial charge < -0.3 is 15.2 Å². The maximum atomic E-state index is 13.2. The number of phenols is 1. The van der Waals surface area contributed by atoms with E-state index in [2.05, 4.69) is 15.5 Å². The van der Waals surface area contributed by atoms with E-state index in [9.17, 15) is 22.9 Å². The van der Waals surface area contributed by atoms with E-state index in [0.29, 0.717) is 21.5 Å². The van der Waals surface area contributed by atoms with Crippen LogP contribution in [0.25, 0.3) is 10.8 Å². The van der Waals surface area contributed by atoms with Crippen molar-refractivity contribution in [2.45, 2.75) is 11.8 Å². The molecule has 190 valence electrons. The summed E-state index contributed by atoms with van der Waals surface area (Å²) in [5.74, 6) is -0.836. The van der Waals surface area contributed by atoms with Gasteiger partial charge in [0.1, 0.15) is 22.0 Å². The molecule has 4 rings (SSSR count). The summed E-state index contributed by atoms with van der Waals surface area (Å²) in [6.07, 6.45) is 0. The molecule has 0 saturated carbocycles. The second-order valence-corrected chi connectivity index (χ2v) is 10.1. The molecule has 0 aliphatic heterocycles. The maximum absolute atomic E-state index is 13.2. The number of benzene rings is 4. The number of hydrogen-bond donors (Lipinski definition) is 3. The molecule has 3 N–H and O–H groups in total. The van der Waals surface area contributed by atoms with Crippen LogP contribution in [0.4, 0.5) is 17.1 Å². The van der Waals surface area contributed by atoms with Gasteiger partial charge in [-0.25, -0.2) is 0 Å². The summed E-state index contributed by atoms with van der Waals surface area (Å²) in [6.45, 7) is 1.44. The van der Waals surface area contributed by atoms with Crippen molar-refractivity contribution >= 4 is 67.1 Å². The first kappa shape index (κ1) is 26.4. The molecule has 0 aliphatic rings. The highest BCUT2D eigenvalue weighted by Crippen LogP contribution is 2.41. The molecular formula is C25H19Cl2N3O6S. The number of hydrogen-bond acceptors (Lipinski definition) is 7. The summed E-state index contributed by atoms with van der Waals surface area (Å²) in [6, 6.07) is 15.5. The fraction of sp³-hybridized carbons (Fsp3) is 0.0800. The Morgan fingerprint density at radius 2 is 1.73 bits per heavy atom. The number of nitrogens with one attached hydrogen (secondary N) is 1. The van der Waals surface area contributed by atoms with Crippen LogP contribution in [0.15, 0.2) is 75.8 Å². The SMILES string of the molecule is COc1ccc(Cl)cc1NC(=O)c1cc2ccccc2c(N=Nc2cc(Cl)cc(C)c2S(=O)(=O)O)c1O. The smallest absolute Gasteiger partial charge is 0.297 e. The molecule has 0 heterocycles. The molecule has 9 nitrogen and oxygen atoms in total. The largest absolute Gasteiger partial charge is 0.505 e. The number of fused-ring (bicyclic) bond motifs is 1.